The first-order valence-electron chi connectivity index (χ1n) is 8.48. The minimum absolute atomic E-state index is 0.00387. The van der Waals surface area contributed by atoms with Crippen molar-refractivity contribution in [2.45, 2.75) is 22.7 Å². The van der Waals surface area contributed by atoms with Crippen molar-refractivity contribution in [1.29, 1.82) is 0 Å². The molecule has 2 aromatic heterocycles. The average Bonchev–Trinajstić information content (AvgIpc) is 3.31. The smallest absolute Gasteiger partial charge is 0.352 e. The molecule has 0 bridgehead atoms. The number of carboxylic acid groups (broad SMARTS) is 1. The first-order valence-corrected chi connectivity index (χ1v) is 11.3. The van der Waals surface area contributed by atoms with Gasteiger partial charge >= 0.3 is 5.97 Å². The Morgan fingerprint density at radius 3 is 2.83 bits per heavy atom. The van der Waals surface area contributed by atoms with E-state index in [1.54, 1.807) is 19.3 Å². The number of amides is 2. The zero-order chi connectivity index (χ0) is 20.7. The second-order valence-corrected chi connectivity index (χ2v) is 9.88. The topological polar surface area (TPSA) is 130 Å². The van der Waals surface area contributed by atoms with Crippen LogP contribution in [0.15, 0.2) is 27.9 Å². The minimum atomic E-state index is -1.15. The van der Waals surface area contributed by atoms with Gasteiger partial charge in [0.25, 0.3) is 11.8 Å². The van der Waals surface area contributed by atoms with Crippen LogP contribution in [0.3, 0.4) is 0 Å². The van der Waals surface area contributed by atoms with Gasteiger partial charge in [0, 0.05) is 24.8 Å². The maximum absolute atomic E-state index is 12.7. The Balaban J connectivity index is 1.48. The number of nitrogens with one attached hydrogen (secondary N) is 1. The molecule has 2 N–H and O–H groups in total. The monoisotopic (exact) mass is 452 g/mol. The van der Waals surface area contributed by atoms with Crippen molar-refractivity contribution < 1.29 is 19.5 Å². The van der Waals surface area contributed by atoms with Gasteiger partial charge in [-0.15, -0.1) is 22.0 Å². The van der Waals surface area contributed by atoms with Gasteiger partial charge in [0.15, 0.2) is 4.34 Å². The third kappa shape index (κ3) is 3.76. The Labute approximate surface area is 177 Å². The summed E-state index contributed by atoms with van der Waals surface area (Å²) in [5.41, 5.74) is 0.855. The molecule has 2 atom stereocenters. The highest BCUT2D eigenvalue weighted by Crippen LogP contribution is 2.41. The molecule has 29 heavy (non-hydrogen) atoms. The van der Waals surface area contributed by atoms with Crippen LogP contribution in [-0.2, 0) is 16.6 Å². The Bertz CT molecular complexity index is 1030. The van der Waals surface area contributed by atoms with E-state index in [0.29, 0.717) is 17.1 Å². The summed E-state index contributed by atoms with van der Waals surface area (Å²) in [6.45, 7) is 1.85. The average molecular weight is 453 g/mol. The fourth-order valence-electron chi connectivity index (χ4n) is 3.03. The van der Waals surface area contributed by atoms with Gasteiger partial charge in [-0.25, -0.2) is 4.79 Å². The predicted octanol–water partition coefficient (Wildman–Crippen LogP) is 0.725. The number of hydrogen-bond acceptors (Lipinski definition) is 9. The van der Waals surface area contributed by atoms with Crippen molar-refractivity contribution in [3.05, 3.63) is 34.2 Å². The summed E-state index contributed by atoms with van der Waals surface area (Å²) in [4.78, 5) is 38.1. The molecule has 4 rings (SSSR count). The van der Waals surface area contributed by atoms with E-state index >= 15 is 0 Å². The molecule has 0 saturated carbocycles. The lowest BCUT2D eigenvalue weighted by Gasteiger charge is -2.49. The van der Waals surface area contributed by atoms with Crippen LogP contribution in [0.1, 0.15) is 15.5 Å². The molecule has 2 aromatic rings. The Morgan fingerprint density at radius 2 is 2.21 bits per heavy atom. The molecule has 2 aliphatic rings. The number of carboxylic acids is 1. The predicted molar refractivity (Wildman–Crippen MR) is 108 cm³/mol. The van der Waals surface area contributed by atoms with Crippen LogP contribution < -0.4 is 5.32 Å². The van der Waals surface area contributed by atoms with E-state index in [1.165, 1.54) is 44.4 Å². The molecule has 0 aromatic carbocycles. The summed E-state index contributed by atoms with van der Waals surface area (Å²) in [7, 11) is 1.69. The number of aromatic nitrogens is 4. The van der Waals surface area contributed by atoms with Gasteiger partial charge in [-0.05, 0) is 18.6 Å². The van der Waals surface area contributed by atoms with Crippen LogP contribution in [0.2, 0.25) is 0 Å². The minimum Gasteiger partial charge on any atom is -0.477 e. The van der Waals surface area contributed by atoms with E-state index in [-0.39, 0.29) is 11.4 Å². The van der Waals surface area contributed by atoms with E-state index in [1.807, 2.05) is 6.92 Å². The molecule has 1 fully saturated rings. The number of rotatable bonds is 6. The van der Waals surface area contributed by atoms with E-state index in [9.17, 15) is 19.5 Å². The number of carbonyl (C=O) groups is 3. The van der Waals surface area contributed by atoms with Gasteiger partial charge in [0.1, 0.15) is 27.8 Å². The van der Waals surface area contributed by atoms with Gasteiger partial charge in [0.05, 0.1) is 0 Å². The first-order chi connectivity index (χ1) is 13.8. The fraction of sp³-hybridized carbons (Fsp3) is 0.375. The fourth-order valence-corrected chi connectivity index (χ4v) is 6.33. The van der Waals surface area contributed by atoms with Crippen LogP contribution in [0, 0.1) is 6.92 Å². The highest BCUT2D eigenvalue weighted by Gasteiger charge is 2.54. The van der Waals surface area contributed by atoms with Crippen LogP contribution in [-0.4, -0.2) is 70.7 Å². The molecule has 0 radical (unpaired) electrons. The third-order valence-corrected chi connectivity index (χ3v) is 7.76. The van der Waals surface area contributed by atoms with Crippen LogP contribution >= 0.6 is 34.9 Å². The molecule has 152 valence electrons. The largest absolute Gasteiger partial charge is 0.477 e. The van der Waals surface area contributed by atoms with E-state index in [2.05, 4.69) is 20.6 Å². The molecule has 0 aliphatic carbocycles. The van der Waals surface area contributed by atoms with Crippen LogP contribution in [0.25, 0.3) is 0 Å². The third-order valence-electron chi connectivity index (χ3n) is 4.36. The number of nitrogens with zero attached hydrogens (tertiary/aromatic N) is 5. The number of aryl methyl sites for hydroxylation is 2. The van der Waals surface area contributed by atoms with Gasteiger partial charge in [-0.2, -0.15) is 5.10 Å². The van der Waals surface area contributed by atoms with E-state index < -0.39 is 29.2 Å². The van der Waals surface area contributed by atoms with Gasteiger partial charge < -0.3 is 10.4 Å². The molecule has 0 unspecified atom stereocenters. The zero-order valence-corrected chi connectivity index (χ0v) is 17.8. The summed E-state index contributed by atoms with van der Waals surface area (Å²) >= 11 is 4.27. The summed E-state index contributed by atoms with van der Waals surface area (Å²) in [6, 6.07) is 0.779. The maximum atomic E-state index is 12.7. The molecule has 13 heteroatoms. The highest BCUT2D eigenvalue weighted by molar-refractivity contribution is 8.01. The van der Waals surface area contributed by atoms with Crippen molar-refractivity contribution >= 4 is 52.6 Å². The Morgan fingerprint density at radius 1 is 1.41 bits per heavy atom. The number of thioether (sulfide) groups is 2. The SMILES string of the molecule is Cc1nnc(SCC2=C(C(=O)O)N3C(=O)[C@H](NC(=O)c4ccn(C)n4)[C@H]3SC2)s1. The summed E-state index contributed by atoms with van der Waals surface area (Å²) in [6.07, 6.45) is 1.63. The number of β-lactam (4-membered cyclic amide) rings is 1. The number of aliphatic carboxylic acids is 1. The molecule has 1 saturated heterocycles. The Kier molecular flexibility index (Phi) is 5.36. The van der Waals surface area contributed by atoms with E-state index in [4.69, 9.17) is 0 Å². The first kappa shape index (κ1) is 19.9. The Hall–Kier alpha value is -2.38. The van der Waals surface area contributed by atoms with E-state index in [0.717, 1.165) is 9.35 Å². The standard InChI is InChI=1S/C16H16N6O4S3/c1-7-18-19-16(29-7)28-6-8-5-27-14-10(13(24)22(14)11(8)15(25)26)17-12(23)9-3-4-21(2)20-9/h3-4,10,14H,5-6H2,1-2H3,(H,17,23)(H,25,26)/t10-,14+/m0/s1. The second-order valence-electron chi connectivity index (χ2n) is 6.37. The number of hydrogen-bond donors (Lipinski definition) is 2. The van der Waals surface area contributed by atoms with Crippen molar-refractivity contribution in [1.82, 2.24) is 30.2 Å². The van der Waals surface area contributed by atoms with Gasteiger partial charge in [0.2, 0.25) is 0 Å². The summed E-state index contributed by atoms with van der Waals surface area (Å²) in [5, 5.41) is 24.8. The van der Waals surface area contributed by atoms with Crippen molar-refractivity contribution in [3.63, 3.8) is 0 Å². The molecule has 10 nitrogen and oxygen atoms in total. The number of fused-ring (bicyclic) bond motifs is 1. The summed E-state index contributed by atoms with van der Waals surface area (Å²) in [5.74, 6) is -1.18. The summed E-state index contributed by atoms with van der Waals surface area (Å²) < 4.78 is 2.25. The maximum Gasteiger partial charge on any atom is 0.352 e. The molecule has 4 heterocycles. The van der Waals surface area contributed by atoms with Crippen LogP contribution in [0.5, 0.6) is 0 Å². The highest BCUT2D eigenvalue weighted by atomic mass is 32.2. The quantitative estimate of drug-likeness (QED) is 0.481. The molecule has 2 amide bonds. The molecule has 2 aliphatic heterocycles. The van der Waals surface area contributed by atoms with Crippen LogP contribution in [0.4, 0.5) is 0 Å². The zero-order valence-electron chi connectivity index (χ0n) is 15.4. The molecular formula is C16H16N6O4S3. The van der Waals surface area contributed by atoms with Gasteiger partial charge in [-0.1, -0.05) is 23.1 Å². The van der Waals surface area contributed by atoms with Crippen molar-refractivity contribution in [2.75, 3.05) is 11.5 Å². The number of carbonyl (C=O) groups excluding carboxylic acids is 2. The lowest BCUT2D eigenvalue weighted by Crippen LogP contribution is -2.70. The van der Waals surface area contributed by atoms with Gasteiger partial charge in [-0.3, -0.25) is 19.2 Å². The lowest BCUT2D eigenvalue weighted by atomic mass is 10.0. The van der Waals surface area contributed by atoms with Crippen molar-refractivity contribution in [3.8, 4) is 0 Å². The molecule has 0 spiro atoms. The lowest BCUT2D eigenvalue weighted by molar-refractivity contribution is -0.148. The normalized spacial score (nSPS) is 21.0. The second kappa shape index (κ2) is 7.80. The molecular weight excluding hydrogens is 436 g/mol. The van der Waals surface area contributed by atoms with Crippen molar-refractivity contribution in [2.24, 2.45) is 7.05 Å².